The second-order valence-corrected chi connectivity index (χ2v) is 4.04. The van der Waals surface area contributed by atoms with E-state index in [0.717, 1.165) is 11.3 Å². The Hall–Kier alpha value is -2.03. The third-order valence-electron chi connectivity index (χ3n) is 2.61. The Morgan fingerprint density at radius 2 is 1.88 bits per heavy atom. The summed E-state index contributed by atoms with van der Waals surface area (Å²) >= 11 is 0. The van der Waals surface area contributed by atoms with Crippen molar-refractivity contribution in [1.29, 1.82) is 0 Å². The number of aryl methyl sites for hydroxylation is 1. The molecule has 0 unspecified atom stereocenters. The molecule has 1 heterocycles. The Balaban J connectivity index is 2.17. The second kappa shape index (κ2) is 4.87. The van der Waals surface area contributed by atoms with Gasteiger partial charge in [-0.15, -0.1) is 0 Å². The first-order valence-electron chi connectivity index (χ1n) is 5.54. The average Bonchev–Trinajstić information content (AvgIpc) is 2.33. The van der Waals surface area contributed by atoms with Crippen molar-refractivity contribution in [1.82, 2.24) is 4.98 Å². The number of benzene rings is 1. The van der Waals surface area contributed by atoms with Crippen LogP contribution in [0.25, 0.3) is 0 Å². The summed E-state index contributed by atoms with van der Waals surface area (Å²) in [6.45, 7) is 4.08. The van der Waals surface area contributed by atoms with Gasteiger partial charge in [-0.2, -0.15) is 0 Å². The lowest BCUT2D eigenvalue weighted by molar-refractivity contribution is 0.303. The molecule has 0 fully saturated rings. The van der Waals surface area contributed by atoms with Crippen LogP contribution in [0.1, 0.15) is 16.8 Å². The number of pyridine rings is 1. The van der Waals surface area contributed by atoms with E-state index in [1.165, 1.54) is 0 Å². The molecule has 2 rings (SSSR count). The van der Waals surface area contributed by atoms with Crippen molar-refractivity contribution in [2.45, 2.75) is 20.5 Å². The van der Waals surface area contributed by atoms with Crippen LogP contribution in [0, 0.1) is 13.8 Å². The number of hydrogen-bond acceptors (Lipinski definition) is 2. The van der Waals surface area contributed by atoms with Gasteiger partial charge in [0.25, 0.3) is 5.56 Å². The van der Waals surface area contributed by atoms with E-state index in [9.17, 15) is 4.79 Å². The highest BCUT2D eigenvalue weighted by Crippen LogP contribution is 2.15. The molecular formula is C14H15NO2. The summed E-state index contributed by atoms with van der Waals surface area (Å²) in [4.78, 5) is 14.3. The second-order valence-electron chi connectivity index (χ2n) is 4.04. The smallest absolute Gasteiger partial charge is 0.254 e. The number of ether oxygens (including phenoxy) is 1. The van der Waals surface area contributed by atoms with E-state index < -0.39 is 0 Å². The topological polar surface area (TPSA) is 42.1 Å². The first-order chi connectivity index (χ1) is 8.16. The van der Waals surface area contributed by atoms with Crippen molar-refractivity contribution < 1.29 is 4.74 Å². The van der Waals surface area contributed by atoms with Crippen LogP contribution < -0.4 is 10.3 Å². The molecule has 0 atom stereocenters. The van der Waals surface area contributed by atoms with E-state index in [-0.39, 0.29) is 5.56 Å². The van der Waals surface area contributed by atoms with Crippen LogP contribution in [0.5, 0.6) is 5.75 Å². The fourth-order valence-electron chi connectivity index (χ4n) is 1.61. The van der Waals surface area contributed by atoms with Crippen molar-refractivity contribution in [2.24, 2.45) is 0 Å². The molecule has 1 N–H and O–H groups in total. The van der Waals surface area contributed by atoms with E-state index in [0.29, 0.717) is 17.9 Å². The van der Waals surface area contributed by atoms with E-state index in [4.69, 9.17) is 4.74 Å². The number of nitrogens with one attached hydrogen (secondary N) is 1. The van der Waals surface area contributed by atoms with Gasteiger partial charge >= 0.3 is 0 Å². The maximum Gasteiger partial charge on any atom is 0.254 e. The Bertz CT molecular complexity index is 558. The summed E-state index contributed by atoms with van der Waals surface area (Å²) in [5, 5.41) is 0. The number of aromatic nitrogens is 1. The Morgan fingerprint density at radius 1 is 1.18 bits per heavy atom. The van der Waals surface area contributed by atoms with Gasteiger partial charge in [0.2, 0.25) is 0 Å². The molecule has 88 valence electrons. The minimum atomic E-state index is -0.0898. The van der Waals surface area contributed by atoms with E-state index >= 15 is 0 Å². The quantitative estimate of drug-likeness (QED) is 0.878. The highest BCUT2D eigenvalue weighted by molar-refractivity contribution is 5.32. The molecule has 0 aliphatic carbocycles. The Labute approximate surface area is 100 Å². The Morgan fingerprint density at radius 3 is 2.59 bits per heavy atom. The van der Waals surface area contributed by atoms with E-state index in [1.807, 2.05) is 43.3 Å². The predicted octanol–water partition coefficient (Wildman–Crippen LogP) is 2.57. The monoisotopic (exact) mass is 229 g/mol. The lowest BCUT2D eigenvalue weighted by Gasteiger charge is -2.09. The van der Waals surface area contributed by atoms with Crippen LogP contribution in [0.2, 0.25) is 0 Å². The fraction of sp³-hybridized carbons (Fsp3) is 0.214. The van der Waals surface area contributed by atoms with E-state index in [2.05, 4.69) is 4.98 Å². The third kappa shape index (κ3) is 2.75. The molecule has 0 saturated heterocycles. The normalized spacial score (nSPS) is 10.2. The standard InChI is InChI=1S/C14H15NO2/c1-10-8-13(11(2)14(16)15-10)17-9-12-6-4-3-5-7-12/h3-8H,9H2,1-2H3,(H,15,16). The highest BCUT2D eigenvalue weighted by atomic mass is 16.5. The highest BCUT2D eigenvalue weighted by Gasteiger charge is 2.04. The Kier molecular flexibility index (Phi) is 3.28. The maximum absolute atomic E-state index is 11.5. The zero-order chi connectivity index (χ0) is 12.3. The molecule has 3 nitrogen and oxygen atoms in total. The number of H-pyrrole nitrogens is 1. The van der Waals surface area contributed by atoms with Gasteiger partial charge in [0, 0.05) is 5.69 Å². The van der Waals surface area contributed by atoms with Crippen molar-refractivity contribution in [2.75, 3.05) is 0 Å². The van der Waals surface area contributed by atoms with Gasteiger partial charge in [-0.1, -0.05) is 30.3 Å². The van der Waals surface area contributed by atoms with Gasteiger partial charge in [0.05, 0.1) is 5.56 Å². The summed E-state index contributed by atoms with van der Waals surface area (Å²) in [5.74, 6) is 0.648. The molecule has 1 aromatic carbocycles. The van der Waals surface area contributed by atoms with Gasteiger partial charge in [-0.3, -0.25) is 4.79 Å². The van der Waals surface area contributed by atoms with Crippen molar-refractivity contribution in [3.05, 3.63) is 63.6 Å². The van der Waals surface area contributed by atoms with Crippen LogP contribution in [0.4, 0.5) is 0 Å². The van der Waals surface area contributed by atoms with Crippen LogP contribution in [0.3, 0.4) is 0 Å². The molecule has 0 bridgehead atoms. The number of aromatic amines is 1. The van der Waals surface area contributed by atoms with E-state index in [1.54, 1.807) is 6.92 Å². The summed E-state index contributed by atoms with van der Waals surface area (Å²) < 4.78 is 5.66. The van der Waals surface area contributed by atoms with Crippen molar-refractivity contribution >= 4 is 0 Å². The zero-order valence-corrected chi connectivity index (χ0v) is 9.99. The molecule has 0 aliphatic rings. The van der Waals surface area contributed by atoms with Crippen LogP contribution in [-0.2, 0) is 6.61 Å². The number of hydrogen-bond donors (Lipinski definition) is 1. The largest absolute Gasteiger partial charge is 0.488 e. The first-order valence-corrected chi connectivity index (χ1v) is 5.54. The van der Waals surface area contributed by atoms with Gasteiger partial charge in [-0.25, -0.2) is 0 Å². The average molecular weight is 229 g/mol. The predicted molar refractivity (Wildman–Crippen MR) is 67.3 cm³/mol. The molecular weight excluding hydrogens is 214 g/mol. The minimum Gasteiger partial charge on any atom is -0.488 e. The molecule has 0 spiro atoms. The minimum absolute atomic E-state index is 0.0898. The van der Waals surface area contributed by atoms with Gasteiger partial charge in [0.1, 0.15) is 12.4 Å². The molecule has 0 amide bonds. The molecule has 17 heavy (non-hydrogen) atoms. The summed E-state index contributed by atoms with van der Waals surface area (Å²) in [7, 11) is 0. The summed E-state index contributed by atoms with van der Waals surface area (Å²) in [6, 6.07) is 11.7. The molecule has 2 aromatic rings. The van der Waals surface area contributed by atoms with Gasteiger partial charge in [-0.05, 0) is 25.5 Å². The summed E-state index contributed by atoms with van der Waals surface area (Å²) in [6.07, 6.45) is 0. The van der Waals surface area contributed by atoms with Crippen LogP contribution in [0.15, 0.2) is 41.2 Å². The fourth-order valence-corrected chi connectivity index (χ4v) is 1.61. The van der Waals surface area contributed by atoms with Gasteiger partial charge in [0.15, 0.2) is 0 Å². The lowest BCUT2D eigenvalue weighted by atomic mass is 10.2. The van der Waals surface area contributed by atoms with Gasteiger partial charge < -0.3 is 9.72 Å². The van der Waals surface area contributed by atoms with Crippen LogP contribution >= 0.6 is 0 Å². The SMILES string of the molecule is Cc1cc(OCc2ccccc2)c(C)c(=O)[nH]1. The van der Waals surface area contributed by atoms with Crippen molar-refractivity contribution in [3.63, 3.8) is 0 Å². The first kappa shape index (κ1) is 11.5. The van der Waals surface area contributed by atoms with Crippen LogP contribution in [-0.4, -0.2) is 4.98 Å². The molecule has 3 heteroatoms. The lowest BCUT2D eigenvalue weighted by Crippen LogP contribution is -2.12. The molecule has 0 saturated carbocycles. The van der Waals surface area contributed by atoms with Crippen molar-refractivity contribution in [3.8, 4) is 5.75 Å². The number of rotatable bonds is 3. The molecule has 1 aromatic heterocycles. The summed E-state index contributed by atoms with van der Waals surface area (Å²) in [5.41, 5.74) is 2.42. The third-order valence-corrected chi connectivity index (χ3v) is 2.61. The molecule has 0 aliphatic heterocycles. The molecule has 0 radical (unpaired) electrons. The maximum atomic E-state index is 11.5. The zero-order valence-electron chi connectivity index (χ0n) is 9.99.